The molecule has 17 heavy (non-hydrogen) atoms. The second kappa shape index (κ2) is 4.78. The van der Waals surface area contributed by atoms with Crippen molar-refractivity contribution in [2.45, 2.75) is 0 Å². The zero-order valence-electron chi connectivity index (χ0n) is 10.0. The largest absolute Gasteiger partial charge is 0.493 e. The molecular weight excluding hydrogens is 220 g/mol. The molecule has 0 bridgehead atoms. The van der Waals surface area contributed by atoms with Gasteiger partial charge in [0.2, 0.25) is 11.6 Å². The van der Waals surface area contributed by atoms with Gasteiger partial charge in [-0.15, -0.1) is 0 Å². The van der Waals surface area contributed by atoms with Gasteiger partial charge in [-0.1, -0.05) is 6.07 Å². The molecule has 0 aliphatic carbocycles. The van der Waals surface area contributed by atoms with Gasteiger partial charge in [-0.25, -0.2) is 4.68 Å². The van der Waals surface area contributed by atoms with Gasteiger partial charge in [0.05, 0.1) is 20.4 Å². The first kappa shape index (κ1) is 11.3. The van der Waals surface area contributed by atoms with Crippen LogP contribution in [0.5, 0.6) is 23.1 Å². The van der Waals surface area contributed by atoms with Gasteiger partial charge in [0.25, 0.3) is 0 Å². The molecule has 0 saturated carbocycles. The summed E-state index contributed by atoms with van der Waals surface area (Å²) < 4.78 is 17.8. The maximum absolute atomic E-state index is 5.71. The Morgan fingerprint density at radius 2 is 1.82 bits per heavy atom. The number of aromatic nitrogens is 2. The first-order valence-corrected chi connectivity index (χ1v) is 5.13. The van der Waals surface area contributed by atoms with E-state index in [4.69, 9.17) is 14.2 Å². The first-order valence-electron chi connectivity index (χ1n) is 5.13. The van der Waals surface area contributed by atoms with Crippen LogP contribution >= 0.6 is 0 Å². The molecule has 1 aromatic heterocycles. The second-order valence-electron chi connectivity index (χ2n) is 3.39. The van der Waals surface area contributed by atoms with E-state index in [-0.39, 0.29) is 0 Å². The number of hydrogen-bond donors (Lipinski definition) is 0. The van der Waals surface area contributed by atoms with Crippen LogP contribution in [-0.4, -0.2) is 24.0 Å². The Bertz CT molecular complexity index is 508. The van der Waals surface area contributed by atoms with E-state index in [9.17, 15) is 0 Å². The van der Waals surface area contributed by atoms with Crippen LogP contribution < -0.4 is 14.2 Å². The first-order chi connectivity index (χ1) is 8.26. The molecule has 0 unspecified atom stereocenters. The van der Waals surface area contributed by atoms with Crippen LogP contribution in [0, 0.1) is 0 Å². The molecule has 0 spiro atoms. The van der Waals surface area contributed by atoms with Crippen LogP contribution in [-0.2, 0) is 7.05 Å². The van der Waals surface area contributed by atoms with Crippen molar-refractivity contribution in [3.8, 4) is 23.1 Å². The fraction of sp³-hybridized carbons (Fsp3) is 0.250. The van der Waals surface area contributed by atoms with Crippen LogP contribution in [0.15, 0.2) is 30.5 Å². The van der Waals surface area contributed by atoms with E-state index in [0.717, 1.165) is 0 Å². The minimum atomic E-state index is 0.566. The third-order valence-electron chi connectivity index (χ3n) is 2.36. The number of ether oxygens (including phenoxy) is 3. The van der Waals surface area contributed by atoms with Crippen LogP contribution in [0.2, 0.25) is 0 Å². The Hall–Kier alpha value is -2.17. The zero-order valence-corrected chi connectivity index (χ0v) is 10.0. The number of hydrogen-bond acceptors (Lipinski definition) is 4. The lowest BCUT2D eigenvalue weighted by molar-refractivity contribution is 0.330. The molecule has 0 N–H and O–H groups in total. The van der Waals surface area contributed by atoms with E-state index >= 15 is 0 Å². The molecule has 0 amide bonds. The monoisotopic (exact) mass is 234 g/mol. The summed E-state index contributed by atoms with van der Waals surface area (Å²) in [7, 11) is 4.97. The lowest BCUT2D eigenvalue weighted by Gasteiger charge is -2.12. The number of para-hydroxylation sites is 1. The molecular formula is C12H14N2O3. The third-order valence-corrected chi connectivity index (χ3v) is 2.36. The highest BCUT2D eigenvalue weighted by Crippen LogP contribution is 2.38. The summed E-state index contributed by atoms with van der Waals surface area (Å²) in [5, 5.41) is 4.03. The van der Waals surface area contributed by atoms with Gasteiger partial charge < -0.3 is 14.2 Å². The zero-order chi connectivity index (χ0) is 12.3. The van der Waals surface area contributed by atoms with E-state index in [1.165, 1.54) is 0 Å². The quantitative estimate of drug-likeness (QED) is 0.813. The third kappa shape index (κ3) is 2.18. The lowest BCUT2D eigenvalue weighted by Crippen LogP contribution is -1.98. The minimum Gasteiger partial charge on any atom is -0.493 e. The Morgan fingerprint density at radius 3 is 2.41 bits per heavy atom. The normalized spacial score (nSPS) is 10.1. The Labute approximate surface area is 99.5 Å². The average molecular weight is 234 g/mol. The Balaban J connectivity index is 2.36. The summed E-state index contributed by atoms with van der Waals surface area (Å²) >= 11 is 0. The van der Waals surface area contributed by atoms with Crippen molar-refractivity contribution in [2.24, 2.45) is 7.05 Å². The summed E-state index contributed by atoms with van der Waals surface area (Å²) in [5.41, 5.74) is 0. The minimum absolute atomic E-state index is 0.566. The van der Waals surface area contributed by atoms with E-state index in [2.05, 4.69) is 5.10 Å². The molecule has 90 valence electrons. The SMILES string of the molecule is COc1cccc(Oc2ccnn2C)c1OC. The number of aryl methyl sites for hydroxylation is 1. The molecule has 1 aromatic carbocycles. The molecule has 0 fully saturated rings. The van der Waals surface area contributed by atoms with Crippen LogP contribution in [0.4, 0.5) is 0 Å². The molecule has 5 nitrogen and oxygen atoms in total. The number of rotatable bonds is 4. The van der Waals surface area contributed by atoms with Gasteiger partial charge in [-0.3, -0.25) is 0 Å². The molecule has 0 saturated heterocycles. The van der Waals surface area contributed by atoms with Crippen molar-refractivity contribution in [3.05, 3.63) is 30.5 Å². The van der Waals surface area contributed by atoms with Crippen molar-refractivity contribution in [3.63, 3.8) is 0 Å². The highest BCUT2D eigenvalue weighted by molar-refractivity contribution is 5.52. The van der Waals surface area contributed by atoms with E-state index < -0.39 is 0 Å². The fourth-order valence-corrected chi connectivity index (χ4v) is 1.51. The molecule has 0 radical (unpaired) electrons. The fourth-order valence-electron chi connectivity index (χ4n) is 1.51. The summed E-state index contributed by atoms with van der Waals surface area (Å²) in [4.78, 5) is 0. The topological polar surface area (TPSA) is 45.5 Å². The Morgan fingerprint density at radius 1 is 1.06 bits per heavy atom. The second-order valence-corrected chi connectivity index (χ2v) is 3.39. The molecule has 0 atom stereocenters. The highest BCUT2D eigenvalue weighted by Gasteiger charge is 2.12. The molecule has 5 heteroatoms. The highest BCUT2D eigenvalue weighted by atomic mass is 16.5. The van der Waals surface area contributed by atoms with Crippen molar-refractivity contribution < 1.29 is 14.2 Å². The summed E-state index contributed by atoms with van der Waals surface area (Å²) in [6.45, 7) is 0. The van der Waals surface area contributed by atoms with Crippen molar-refractivity contribution in [1.29, 1.82) is 0 Å². The number of methoxy groups -OCH3 is 2. The number of nitrogens with zero attached hydrogens (tertiary/aromatic N) is 2. The van der Waals surface area contributed by atoms with E-state index in [0.29, 0.717) is 23.1 Å². The smallest absolute Gasteiger partial charge is 0.217 e. The lowest BCUT2D eigenvalue weighted by atomic mass is 10.3. The van der Waals surface area contributed by atoms with Gasteiger partial charge in [0.15, 0.2) is 11.5 Å². The molecule has 0 aliphatic heterocycles. The van der Waals surface area contributed by atoms with Gasteiger partial charge in [-0.2, -0.15) is 5.10 Å². The Kier molecular flexibility index (Phi) is 3.18. The molecule has 2 aromatic rings. The summed E-state index contributed by atoms with van der Waals surface area (Å²) in [6.07, 6.45) is 1.67. The van der Waals surface area contributed by atoms with Gasteiger partial charge in [0.1, 0.15) is 0 Å². The standard InChI is InChI=1S/C12H14N2O3/c1-14-11(7-8-13-14)17-10-6-4-5-9(15-2)12(10)16-3/h4-8H,1-3H3. The summed E-state index contributed by atoms with van der Waals surface area (Å²) in [6, 6.07) is 7.25. The average Bonchev–Trinajstić information content (AvgIpc) is 2.74. The predicted molar refractivity (Wildman–Crippen MR) is 62.8 cm³/mol. The molecule has 0 aliphatic rings. The van der Waals surface area contributed by atoms with Crippen molar-refractivity contribution >= 4 is 0 Å². The number of benzene rings is 1. The van der Waals surface area contributed by atoms with E-state index in [1.54, 1.807) is 31.2 Å². The summed E-state index contributed by atoms with van der Waals surface area (Å²) in [5.74, 6) is 2.43. The van der Waals surface area contributed by atoms with Crippen LogP contribution in [0.25, 0.3) is 0 Å². The van der Waals surface area contributed by atoms with E-state index in [1.807, 2.05) is 25.2 Å². The maximum Gasteiger partial charge on any atom is 0.217 e. The van der Waals surface area contributed by atoms with Crippen LogP contribution in [0.1, 0.15) is 0 Å². The van der Waals surface area contributed by atoms with Gasteiger partial charge in [0, 0.05) is 13.1 Å². The van der Waals surface area contributed by atoms with Crippen molar-refractivity contribution in [1.82, 2.24) is 9.78 Å². The predicted octanol–water partition coefficient (Wildman–Crippen LogP) is 2.23. The van der Waals surface area contributed by atoms with Gasteiger partial charge in [-0.05, 0) is 12.1 Å². The molecule has 2 rings (SSSR count). The maximum atomic E-state index is 5.71. The molecule has 1 heterocycles. The van der Waals surface area contributed by atoms with Gasteiger partial charge >= 0.3 is 0 Å². The van der Waals surface area contributed by atoms with Crippen molar-refractivity contribution in [2.75, 3.05) is 14.2 Å². The van der Waals surface area contributed by atoms with Crippen LogP contribution in [0.3, 0.4) is 0 Å².